The van der Waals surface area contributed by atoms with E-state index in [1.54, 1.807) is 6.21 Å². The van der Waals surface area contributed by atoms with Crippen LogP contribution in [0, 0.1) is 19.8 Å². The Morgan fingerprint density at radius 2 is 2.20 bits per heavy atom. The summed E-state index contributed by atoms with van der Waals surface area (Å²) in [5.41, 5.74) is 5.44. The average Bonchev–Trinajstić information content (AvgIpc) is 3.00. The largest absolute Gasteiger partial charge is 0.361 e. The standard InChI is InChI=1S/C16H27N5O2S2/c1-11(2)5-7-17-16(24)19-18-9-15-12(3)20-21(13(15)4)14-6-8-25(22,23)10-14/h9,11,14H,5-8,10H2,1-4H3,(H2,17,19,24)/b18-9-/t14-/m0/s1. The van der Waals surface area contributed by atoms with Crippen molar-refractivity contribution in [2.24, 2.45) is 11.0 Å². The van der Waals surface area contributed by atoms with Gasteiger partial charge >= 0.3 is 0 Å². The van der Waals surface area contributed by atoms with Crippen LogP contribution in [0.15, 0.2) is 5.10 Å². The lowest BCUT2D eigenvalue weighted by molar-refractivity contribution is 0.486. The first-order valence-corrected chi connectivity index (χ1v) is 10.8. The Kier molecular flexibility index (Phi) is 6.56. The SMILES string of the molecule is Cc1nn([C@H]2CCS(=O)(=O)C2)c(C)c1/C=N\NC(=S)NCCC(C)C. The first kappa shape index (κ1) is 19.8. The molecule has 1 saturated heterocycles. The minimum atomic E-state index is -2.94. The van der Waals surface area contributed by atoms with Crippen LogP contribution < -0.4 is 10.7 Å². The highest BCUT2D eigenvalue weighted by Crippen LogP contribution is 2.26. The third-order valence-electron chi connectivity index (χ3n) is 4.30. The Morgan fingerprint density at radius 1 is 1.48 bits per heavy atom. The van der Waals surface area contributed by atoms with Gasteiger partial charge in [-0.3, -0.25) is 10.1 Å². The Balaban J connectivity index is 1.97. The summed E-state index contributed by atoms with van der Waals surface area (Å²) >= 11 is 5.18. The molecular formula is C16H27N5O2S2. The molecule has 0 aliphatic carbocycles. The van der Waals surface area contributed by atoms with Crippen molar-refractivity contribution in [1.29, 1.82) is 0 Å². The van der Waals surface area contributed by atoms with Gasteiger partial charge < -0.3 is 5.32 Å². The first-order valence-electron chi connectivity index (χ1n) is 8.52. The fourth-order valence-electron chi connectivity index (χ4n) is 2.86. The number of hydrazone groups is 1. The molecule has 7 nitrogen and oxygen atoms in total. The molecule has 1 aromatic heterocycles. The van der Waals surface area contributed by atoms with Crippen molar-refractivity contribution in [3.63, 3.8) is 0 Å². The van der Waals surface area contributed by atoms with E-state index in [4.69, 9.17) is 12.2 Å². The van der Waals surface area contributed by atoms with Gasteiger partial charge in [0.25, 0.3) is 0 Å². The van der Waals surface area contributed by atoms with Gasteiger partial charge in [-0.2, -0.15) is 10.2 Å². The monoisotopic (exact) mass is 385 g/mol. The summed E-state index contributed by atoms with van der Waals surface area (Å²) < 4.78 is 25.2. The van der Waals surface area contributed by atoms with Crippen LogP contribution in [-0.2, 0) is 9.84 Å². The highest BCUT2D eigenvalue weighted by molar-refractivity contribution is 7.91. The molecule has 140 valence electrons. The van der Waals surface area contributed by atoms with E-state index in [0.717, 1.165) is 29.9 Å². The molecule has 1 atom stereocenters. The number of aryl methyl sites for hydroxylation is 1. The molecule has 0 saturated carbocycles. The van der Waals surface area contributed by atoms with Crippen molar-refractivity contribution >= 4 is 33.4 Å². The topological polar surface area (TPSA) is 88.4 Å². The van der Waals surface area contributed by atoms with E-state index in [1.807, 2.05) is 18.5 Å². The predicted molar refractivity (Wildman–Crippen MR) is 105 cm³/mol. The predicted octanol–water partition coefficient (Wildman–Crippen LogP) is 1.70. The summed E-state index contributed by atoms with van der Waals surface area (Å²) in [6, 6.07) is -0.0856. The summed E-state index contributed by atoms with van der Waals surface area (Å²) in [4.78, 5) is 0. The molecule has 0 spiro atoms. The van der Waals surface area contributed by atoms with E-state index in [2.05, 4.69) is 34.8 Å². The maximum absolute atomic E-state index is 11.7. The Labute approximate surface area is 155 Å². The third kappa shape index (κ3) is 5.50. The van der Waals surface area contributed by atoms with Crippen LogP contribution in [0.4, 0.5) is 0 Å². The summed E-state index contributed by atoms with van der Waals surface area (Å²) in [6.07, 6.45) is 3.35. The molecule has 0 amide bonds. The summed E-state index contributed by atoms with van der Waals surface area (Å²) in [6.45, 7) is 8.97. The fraction of sp³-hybridized carbons (Fsp3) is 0.688. The van der Waals surface area contributed by atoms with E-state index >= 15 is 0 Å². The van der Waals surface area contributed by atoms with Crippen LogP contribution in [0.25, 0.3) is 0 Å². The Morgan fingerprint density at radius 3 is 2.80 bits per heavy atom. The molecule has 9 heteroatoms. The smallest absolute Gasteiger partial charge is 0.186 e. The highest BCUT2D eigenvalue weighted by Gasteiger charge is 2.31. The number of hydrogen-bond acceptors (Lipinski definition) is 5. The maximum atomic E-state index is 11.7. The summed E-state index contributed by atoms with van der Waals surface area (Å²) in [5, 5.41) is 12.3. The van der Waals surface area contributed by atoms with Crippen molar-refractivity contribution in [2.75, 3.05) is 18.1 Å². The third-order valence-corrected chi connectivity index (χ3v) is 6.29. The number of thiocarbonyl (C=S) groups is 1. The van der Waals surface area contributed by atoms with E-state index in [9.17, 15) is 8.42 Å². The van der Waals surface area contributed by atoms with E-state index < -0.39 is 9.84 Å². The molecule has 0 radical (unpaired) electrons. The zero-order chi connectivity index (χ0) is 18.6. The number of hydrogen-bond donors (Lipinski definition) is 2. The highest BCUT2D eigenvalue weighted by atomic mass is 32.2. The molecule has 0 aromatic carbocycles. The van der Waals surface area contributed by atoms with Gasteiger partial charge in [0.15, 0.2) is 14.9 Å². The Bertz CT molecular complexity index is 753. The normalized spacial score (nSPS) is 19.6. The van der Waals surface area contributed by atoms with E-state index in [1.165, 1.54) is 0 Å². The zero-order valence-corrected chi connectivity index (χ0v) is 16.9. The Hall–Kier alpha value is -1.48. The van der Waals surface area contributed by atoms with E-state index in [-0.39, 0.29) is 17.5 Å². The molecule has 25 heavy (non-hydrogen) atoms. The van der Waals surface area contributed by atoms with Gasteiger partial charge in [0, 0.05) is 17.8 Å². The molecular weight excluding hydrogens is 358 g/mol. The minimum absolute atomic E-state index is 0.0856. The molecule has 0 unspecified atom stereocenters. The second-order valence-electron chi connectivity index (χ2n) is 6.89. The van der Waals surface area contributed by atoms with E-state index in [0.29, 0.717) is 17.5 Å². The second-order valence-corrected chi connectivity index (χ2v) is 9.53. The number of nitrogens with one attached hydrogen (secondary N) is 2. The number of aromatic nitrogens is 2. The lowest BCUT2D eigenvalue weighted by atomic mass is 10.1. The van der Waals surface area contributed by atoms with Crippen molar-refractivity contribution in [3.8, 4) is 0 Å². The lowest BCUT2D eigenvalue weighted by Crippen LogP contribution is -2.33. The van der Waals surface area contributed by atoms with Crippen LogP contribution in [0.3, 0.4) is 0 Å². The average molecular weight is 386 g/mol. The molecule has 1 aliphatic heterocycles. The maximum Gasteiger partial charge on any atom is 0.186 e. The molecule has 1 aliphatic rings. The minimum Gasteiger partial charge on any atom is -0.361 e. The van der Waals surface area contributed by atoms with Gasteiger partial charge in [-0.15, -0.1) is 0 Å². The van der Waals surface area contributed by atoms with Crippen molar-refractivity contribution in [2.45, 2.75) is 46.6 Å². The van der Waals surface area contributed by atoms with Gasteiger partial charge in [0.1, 0.15) is 0 Å². The van der Waals surface area contributed by atoms with Gasteiger partial charge in [-0.1, -0.05) is 13.8 Å². The van der Waals surface area contributed by atoms with Crippen molar-refractivity contribution < 1.29 is 8.42 Å². The molecule has 1 aromatic rings. The van der Waals surface area contributed by atoms with Crippen molar-refractivity contribution in [3.05, 3.63) is 17.0 Å². The fourth-order valence-corrected chi connectivity index (χ4v) is 4.70. The lowest BCUT2D eigenvalue weighted by Gasteiger charge is -2.11. The molecule has 2 heterocycles. The zero-order valence-electron chi connectivity index (χ0n) is 15.2. The summed E-state index contributed by atoms with van der Waals surface area (Å²) in [5.74, 6) is 1.01. The second kappa shape index (κ2) is 8.27. The number of rotatable bonds is 6. The molecule has 0 bridgehead atoms. The van der Waals surface area contributed by atoms with Crippen LogP contribution in [0.2, 0.25) is 0 Å². The first-order chi connectivity index (χ1) is 11.7. The van der Waals surface area contributed by atoms with Gasteiger partial charge in [-0.05, 0) is 44.8 Å². The van der Waals surface area contributed by atoms with Crippen LogP contribution in [0.5, 0.6) is 0 Å². The van der Waals surface area contributed by atoms with Crippen LogP contribution >= 0.6 is 12.2 Å². The number of nitrogens with zero attached hydrogens (tertiary/aromatic N) is 3. The van der Waals surface area contributed by atoms with Gasteiger partial charge in [0.05, 0.1) is 29.5 Å². The quantitative estimate of drug-likeness (QED) is 0.440. The van der Waals surface area contributed by atoms with Gasteiger partial charge in [-0.25, -0.2) is 8.42 Å². The number of sulfone groups is 1. The van der Waals surface area contributed by atoms with Crippen LogP contribution in [-0.4, -0.2) is 47.6 Å². The molecule has 2 rings (SSSR count). The van der Waals surface area contributed by atoms with Crippen molar-refractivity contribution in [1.82, 2.24) is 20.5 Å². The van der Waals surface area contributed by atoms with Gasteiger partial charge in [0.2, 0.25) is 0 Å². The molecule has 1 fully saturated rings. The summed E-state index contributed by atoms with van der Waals surface area (Å²) in [7, 11) is -2.94. The molecule has 2 N–H and O–H groups in total. The van der Waals surface area contributed by atoms with Crippen LogP contribution in [0.1, 0.15) is 49.7 Å².